The van der Waals surface area contributed by atoms with E-state index in [4.69, 9.17) is 9.84 Å². The average Bonchev–Trinajstić information content (AvgIpc) is 3.11. The van der Waals surface area contributed by atoms with E-state index >= 15 is 0 Å². The van der Waals surface area contributed by atoms with E-state index in [-0.39, 0.29) is 5.97 Å². The van der Waals surface area contributed by atoms with Gasteiger partial charge in [-0.05, 0) is 38.5 Å². The van der Waals surface area contributed by atoms with Crippen molar-refractivity contribution in [2.75, 3.05) is 13.2 Å². The van der Waals surface area contributed by atoms with Gasteiger partial charge in [-0.25, -0.2) is 0 Å². The third-order valence-corrected chi connectivity index (χ3v) is 10.5. The minimum Gasteiger partial charge on any atom is -0.466 e. The molecule has 0 aliphatic rings. The van der Waals surface area contributed by atoms with E-state index in [9.17, 15) is 4.79 Å². The first-order valence-electron chi connectivity index (χ1n) is 22.7. The topological polar surface area (TPSA) is 46.5 Å². The van der Waals surface area contributed by atoms with Crippen molar-refractivity contribution in [1.29, 1.82) is 0 Å². The van der Waals surface area contributed by atoms with E-state index < -0.39 is 0 Å². The number of hydrogen-bond donors (Lipinski definition) is 1. The fourth-order valence-corrected chi connectivity index (χ4v) is 7.04. The number of carbonyl (C=O) groups is 1. The summed E-state index contributed by atoms with van der Waals surface area (Å²) in [7, 11) is 0. The number of ether oxygens (including phenoxy) is 1. The van der Waals surface area contributed by atoms with Crippen molar-refractivity contribution in [2.24, 2.45) is 0 Å². The summed E-state index contributed by atoms with van der Waals surface area (Å²) in [5.74, 6) is 0.0147. The predicted octanol–water partition coefficient (Wildman–Crippen LogP) is 15.7. The van der Waals surface area contributed by atoms with Gasteiger partial charge in [-0.1, -0.05) is 231 Å². The van der Waals surface area contributed by atoms with Crippen LogP contribution in [0.3, 0.4) is 0 Å². The Labute approximate surface area is 309 Å². The summed E-state index contributed by atoms with van der Waals surface area (Å²) in [5.41, 5.74) is 0. The van der Waals surface area contributed by atoms with Crippen molar-refractivity contribution in [2.45, 2.75) is 264 Å². The molecule has 3 nitrogen and oxygen atoms in total. The van der Waals surface area contributed by atoms with Crippen LogP contribution in [0, 0.1) is 0 Å². The van der Waals surface area contributed by atoms with Gasteiger partial charge < -0.3 is 9.84 Å². The molecule has 0 aliphatic heterocycles. The van der Waals surface area contributed by atoms with E-state index in [0.717, 1.165) is 25.7 Å². The Balaban J connectivity index is 3.13. The third kappa shape index (κ3) is 45.1. The molecule has 0 bridgehead atoms. The summed E-state index contributed by atoms with van der Waals surface area (Å²) in [4.78, 5) is 11.9. The fraction of sp³-hybridized carbons (Fsp3) is 0.935. The molecule has 0 atom stereocenters. The van der Waals surface area contributed by atoms with Gasteiger partial charge in [0.15, 0.2) is 0 Å². The van der Waals surface area contributed by atoms with Crippen molar-refractivity contribution < 1.29 is 14.6 Å². The number of esters is 1. The van der Waals surface area contributed by atoms with E-state index in [1.807, 2.05) is 0 Å². The molecule has 0 rings (SSSR count). The van der Waals surface area contributed by atoms with Crippen LogP contribution >= 0.6 is 0 Å². The van der Waals surface area contributed by atoms with Gasteiger partial charge in [-0.2, -0.15) is 0 Å². The smallest absolute Gasteiger partial charge is 0.305 e. The lowest BCUT2D eigenvalue weighted by Crippen LogP contribution is -2.05. The molecule has 0 spiro atoms. The molecule has 49 heavy (non-hydrogen) atoms. The molecule has 0 fully saturated rings. The van der Waals surface area contributed by atoms with Crippen LogP contribution in [0.2, 0.25) is 0 Å². The third-order valence-electron chi connectivity index (χ3n) is 10.5. The highest BCUT2D eigenvalue weighted by Gasteiger charge is 2.03. The van der Waals surface area contributed by atoms with Gasteiger partial charge in [-0.3, -0.25) is 4.79 Å². The van der Waals surface area contributed by atoms with Crippen LogP contribution in [-0.2, 0) is 9.53 Å². The minimum absolute atomic E-state index is 0.0147. The molecule has 0 unspecified atom stereocenters. The zero-order chi connectivity index (χ0) is 35.4. The molecule has 1 N–H and O–H groups in total. The predicted molar refractivity (Wildman–Crippen MR) is 218 cm³/mol. The van der Waals surface area contributed by atoms with Crippen LogP contribution in [0.25, 0.3) is 0 Å². The summed E-state index contributed by atoms with van der Waals surface area (Å²) in [6.45, 7) is 3.24. The molecule has 292 valence electrons. The van der Waals surface area contributed by atoms with Crippen LogP contribution < -0.4 is 0 Å². The van der Waals surface area contributed by atoms with Gasteiger partial charge in [-0.15, -0.1) is 0 Å². The Kier molecular flexibility index (Phi) is 44.4. The second kappa shape index (κ2) is 45.2. The van der Waals surface area contributed by atoms with Gasteiger partial charge in [0.05, 0.1) is 6.61 Å². The molecule has 0 aromatic rings. The lowest BCUT2D eigenvalue weighted by Gasteiger charge is -2.06. The monoisotopic (exact) mass is 691 g/mol. The second-order valence-corrected chi connectivity index (χ2v) is 15.5. The molecular formula is C46H90O3. The van der Waals surface area contributed by atoms with Crippen LogP contribution in [-0.4, -0.2) is 24.3 Å². The van der Waals surface area contributed by atoms with E-state index in [1.165, 1.54) is 225 Å². The average molecular weight is 691 g/mol. The van der Waals surface area contributed by atoms with Crippen molar-refractivity contribution in [1.82, 2.24) is 0 Å². The molecule has 0 aliphatic carbocycles. The highest BCUT2D eigenvalue weighted by atomic mass is 16.5. The fourth-order valence-electron chi connectivity index (χ4n) is 7.04. The maximum atomic E-state index is 11.9. The first kappa shape index (κ1) is 48.2. The maximum absolute atomic E-state index is 11.9. The molecule has 0 saturated heterocycles. The number of hydrogen-bond acceptors (Lipinski definition) is 3. The maximum Gasteiger partial charge on any atom is 0.305 e. The first-order valence-corrected chi connectivity index (χ1v) is 22.7. The molecule has 0 amide bonds. The van der Waals surface area contributed by atoms with Gasteiger partial charge in [0, 0.05) is 13.0 Å². The Morgan fingerprint density at radius 2 is 0.673 bits per heavy atom. The highest BCUT2D eigenvalue weighted by Crippen LogP contribution is 2.17. The van der Waals surface area contributed by atoms with Crippen molar-refractivity contribution in [3.63, 3.8) is 0 Å². The molecule has 0 radical (unpaired) electrons. The second-order valence-electron chi connectivity index (χ2n) is 15.5. The Hall–Kier alpha value is -0.830. The number of rotatable bonds is 43. The summed E-state index contributed by atoms with van der Waals surface area (Å²) in [6.07, 6.45) is 57.7. The van der Waals surface area contributed by atoms with Crippen LogP contribution in [0.4, 0.5) is 0 Å². The van der Waals surface area contributed by atoms with Crippen LogP contribution in [0.15, 0.2) is 12.2 Å². The van der Waals surface area contributed by atoms with Crippen LogP contribution in [0.1, 0.15) is 264 Å². The molecule has 0 heterocycles. The molecule has 0 aromatic heterocycles. The zero-order valence-corrected chi connectivity index (χ0v) is 33.6. The summed E-state index contributed by atoms with van der Waals surface area (Å²) in [5, 5.41) is 8.81. The lowest BCUT2D eigenvalue weighted by molar-refractivity contribution is -0.143. The first-order chi connectivity index (χ1) is 24.3. The standard InChI is InChI=1S/C46H90O3/c1-2-3-4-5-6-7-28-31-34-37-40-43-46(48)49-45-42-39-36-33-30-27-25-23-21-19-17-15-13-11-9-8-10-12-14-16-18-20-22-24-26-29-32-35-38-41-44-47/h5-6,47H,2-4,7-45H2,1H3/b6-5-. The van der Waals surface area contributed by atoms with Gasteiger partial charge in [0.25, 0.3) is 0 Å². The number of carbonyl (C=O) groups excluding carboxylic acids is 1. The highest BCUT2D eigenvalue weighted by molar-refractivity contribution is 5.69. The number of aliphatic hydroxyl groups is 1. The Morgan fingerprint density at radius 3 is 1.02 bits per heavy atom. The van der Waals surface area contributed by atoms with Gasteiger partial charge in [0.2, 0.25) is 0 Å². The molecule has 3 heteroatoms. The SMILES string of the molecule is CCCC/C=C\CCCCCCCC(=O)OCCCCCCCCCCCCCCCCCCCCCCCCCCCCCCCCO. The van der Waals surface area contributed by atoms with Gasteiger partial charge in [0.1, 0.15) is 0 Å². The normalized spacial score (nSPS) is 11.6. The van der Waals surface area contributed by atoms with E-state index in [0.29, 0.717) is 19.6 Å². The molecule has 0 aromatic carbocycles. The summed E-state index contributed by atoms with van der Waals surface area (Å²) in [6, 6.07) is 0. The van der Waals surface area contributed by atoms with Crippen LogP contribution in [0.5, 0.6) is 0 Å². The summed E-state index contributed by atoms with van der Waals surface area (Å²) >= 11 is 0. The number of allylic oxidation sites excluding steroid dienone is 2. The largest absolute Gasteiger partial charge is 0.466 e. The Bertz CT molecular complexity index is 630. The van der Waals surface area contributed by atoms with E-state index in [1.54, 1.807) is 0 Å². The number of unbranched alkanes of at least 4 members (excludes halogenated alkanes) is 36. The quantitative estimate of drug-likeness (QED) is 0.0393. The van der Waals surface area contributed by atoms with E-state index in [2.05, 4.69) is 19.1 Å². The molecular weight excluding hydrogens is 601 g/mol. The van der Waals surface area contributed by atoms with Crippen molar-refractivity contribution >= 4 is 5.97 Å². The van der Waals surface area contributed by atoms with Gasteiger partial charge >= 0.3 is 5.97 Å². The number of aliphatic hydroxyl groups excluding tert-OH is 1. The summed E-state index contributed by atoms with van der Waals surface area (Å²) < 4.78 is 5.45. The lowest BCUT2D eigenvalue weighted by atomic mass is 10.0. The van der Waals surface area contributed by atoms with Crippen molar-refractivity contribution in [3.05, 3.63) is 12.2 Å². The Morgan fingerprint density at radius 1 is 0.388 bits per heavy atom. The van der Waals surface area contributed by atoms with Crippen molar-refractivity contribution in [3.8, 4) is 0 Å². The molecule has 0 saturated carbocycles. The minimum atomic E-state index is 0.0147. The zero-order valence-electron chi connectivity index (χ0n) is 33.6.